The van der Waals surface area contributed by atoms with Crippen LogP contribution in [0.5, 0.6) is 0 Å². The maximum atomic E-state index is 11.8. The van der Waals surface area contributed by atoms with Crippen LogP contribution in [0.2, 0.25) is 0 Å². The first-order valence-corrected chi connectivity index (χ1v) is 8.01. The summed E-state index contributed by atoms with van der Waals surface area (Å²) in [7, 11) is 0. The van der Waals surface area contributed by atoms with Gasteiger partial charge in [-0.05, 0) is 25.5 Å². The van der Waals surface area contributed by atoms with Gasteiger partial charge in [0.1, 0.15) is 0 Å². The van der Waals surface area contributed by atoms with Gasteiger partial charge in [0.15, 0.2) is 5.13 Å². The molecule has 0 spiro atoms. The molecule has 0 unspecified atom stereocenters. The van der Waals surface area contributed by atoms with Gasteiger partial charge in [0.2, 0.25) is 5.91 Å². The third kappa shape index (κ3) is 4.39. The van der Waals surface area contributed by atoms with E-state index in [-0.39, 0.29) is 18.2 Å². The first-order chi connectivity index (χ1) is 10.6. The highest BCUT2D eigenvalue weighted by Crippen LogP contribution is 2.22. The van der Waals surface area contributed by atoms with E-state index < -0.39 is 0 Å². The third-order valence-corrected chi connectivity index (χ3v) is 4.08. The van der Waals surface area contributed by atoms with Crippen LogP contribution in [0.1, 0.15) is 34.3 Å². The fraction of sp³-hybridized carbons (Fsp3) is 0.312. The molecule has 0 saturated heterocycles. The molecule has 0 atom stereocenters. The fourth-order valence-corrected chi connectivity index (χ4v) is 2.89. The lowest BCUT2D eigenvalue weighted by Gasteiger charge is -2.05. The molecule has 1 aromatic heterocycles. The number of aryl methyl sites for hydroxylation is 2. The molecule has 116 valence electrons. The Labute approximate surface area is 133 Å². The van der Waals surface area contributed by atoms with Crippen molar-refractivity contribution in [2.24, 2.45) is 0 Å². The molecule has 6 heteroatoms. The number of carbonyl (C=O) groups excluding carboxylic acids is 2. The molecule has 2 rings (SSSR count). The van der Waals surface area contributed by atoms with E-state index in [2.05, 4.69) is 15.6 Å². The smallest absolute Gasteiger partial charge is 0.251 e. The van der Waals surface area contributed by atoms with Crippen molar-refractivity contribution >= 4 is 28.3 Å². The molecule has 0 radical (unpaired) electrons. The molecular formula is C16H19N3O2S. The Balaban J connectivity index is 1.77. The van der Waals surface area contributed by atoms with Gasteiger partial charge in [-0.1, -0.05) is 25.1 Å². The van der Waals surface area contributed by atoms with Crippen LogP contribution in [-0.4, -0.2) is 23.3 Å². The first-order valence-electron chi connectivity index (χ1n) is 7.19. The van der Waals surface area contributed by atoms with Gasteiger partial charge in [-0.25, -0.2) is 4.98 Å². The van der Waals surface area contributed by atoms with E-state index in [9.17, 15) is 9.59 Å². The zero-order valence-electron chi connectivity index (χ0n) is 12.7. The van der Waals surface area contributed by atoms with Crippen molar-refractivity contribution in [1.29, 1.82) is 0 Å². The lowest BCUT2D eigenvalue weighted by atomic mass is 10.2. The third-order valence-electron chi connectivity index (χ3n) is 3.15. The van der Waals surface area contributed by atoms with Crippen molar-refractivity contribution < 1.29 is 9.59 Å². The Bertz CT molecular complexity index is 653. The van der Waals surface area contributed by atoms with Crippen molar-refractivity contribution in [2.45, 2.75) is 26.7 Å². The van der Waals surface area contributed by atoms with Crippen LogP contribution in [-0.2, 0) is 11.2 Å². The number of rotatable bonds is 6. The van der Waals surface area contributed by atoms with Gasteiger partial charge < -0.3 is 10.6 Å². The second kappa shape index (κ2) is 7.70. The molecule has 2 aromatic rings. The largest absolute Gasteiger partial charge is 0.352 e. The summed E-state index contributed by atoms with van der Waals surface area (Å²) in [6.45, 7) is 4.32. The number of benzene rings is 1. The molecular weight excluding hydrogens is 298 g/mol. The predicted octanol–water partition coefficient (Wildman–Crippen LogP) is 2.77. The number of aromatic nitrogens is 1. The number of nitrogens with one attached hydrogen (secondary N) is 2. The average molecular weight is 317 g/mol. The second-order valence-corrected chi connectivity index (χ2v) is 6.00. The molecule has 1 heterocycles. The Morgan fingerprint density at radius 2 is 1.95 bits per heavy atom. The number of carbonyl (C=O) groups is 2. The number of amides is 2. The number of hydrogen-bond donors (Lipinski definition) is 2. The minimum atomic E-state index is -0.174. The molecule has 0 aliphatic heterocycles. The van der Waals surface area contributed by atoms with Crippen molar-refractivity contribution in [3.8, 4) is 0 Å². The summed E-state index contributed by atoms with van der Waals surface area (Å²) in [4.78, 5) is 29.1. The Morgan fingerprint density at radius 3 is 2.59 bits per heavy atom. The summed E-state index contributed by atoms with van der Waals surface area (Å²) in [5, 5.41) is 6.11. The molecule has 0 aliphatic rings. The number of thiazole rings is 1. The summed E-state index contributed by atoms with van der Waals surface area (Å²) in [5.74, 6) is -0.323. The van der Waals surface area contributed by atoms with E-state index >= 15 is 0 Å². The van der Waals surface area contributed by atoms with Gasteiger partial charge in [0, 0.05) is 23.4 Å². The van der Waals surface area contributed by atoms with Crippen molar-refractivity contribution in [2.75, 3.05) is 11.9 Å². The van der Waals surface area contributed by atoms with E-state index in [4.69, 9.17) is 0 Å². The van der Waals surface area contributed by atoms with Gasteiger partial charge in [0.05, 0.1) is 5.69 Å². The summed E-state index contributed by atoms with van der Waals surface area (Å²) in [5.41, 5.74) is 1.60. The number of anilines is 1. The van der Waals surface area contributed by atoms with Gasteiger partial charge >= 0.3 is 0 Å². The maximum absolute atomic E-state index is 11.8. The maximum Gasteiger partial charge on any atom is 0.251 e. The van der Waals surface area contributed by atoms with Crippen LogP contribution >= 0.6 is 11.3 Å². The van der Waals surface area contributed by atoms with Gasteiger partial charge in [-0.2, -0.15) is 0 Å². The van der Waals surface area contributed by atoms with Crippen molar-refractivity contribution in [3.05, 3.63) is 46.5 Å². The molecule has 22 heavy (non-hydrogen) atoms. The van der Waals surface area contributed by atoms with Crippen molar-refractivity contribution in [3.63, 3.8) is 0 Å². The normalized spacial score (nSPS) is 10.3. The highest BCUT2D eigenvalue weighted by molar-refractivity contribution is 7.15. The van der Waals surface area contributed by atoms with Crippen molar-refractivity contribution in [1.82, 2.24) is 10.3 Å². The fourth-order valence-electron chi connectivity index (χ4n) is 1.97. The minimum Gasteiger partial charge on any atom is -0.352 e. The van der Waals surface area contributed by atoms with E-state index in [1.807, 2.05) is 19.9 Å². The van der Waals surface area contributed by atoms with Crippen LogP contribution < -0.4 is 10.6 Å². The number of nitrogens with zero attached hydrogens (tertiary/aromatic N) is 1. The van der Waals surface area contributed by atoms with Crippen LogP contribution in [0.25, 0.3) is 0 Å². The molecule has 2 amide bonds. The average Bonchev–Trinajstić information content (AvgIpc) is 2.87. The lowest BCUT2D eigenvalue weighted by molar-refractivity contribution is -0.116. The molecule has 0 saturated carbocycles. The van der Waals surface area contributed by atoms with E-state index in [1.54, 1.807) is 24.3 Å². The van der Waals surface area contributed by atoms with Crippen LogP contribution in [0, 0.1) is 6.92 Å². The zero-order valence-corrected chi connectivity index (χ0v) is 13.5. The predicted molar refractivity (Wildman–Crippen MR) is 88.3 cm³/mol. The standard InChI is InChI=1S/C16H19N3O2S/c1-3-13-11(2)22-16(18-13)19-14(20)9-10-17-15(21)12-7-5-4-6-8-12/h4-8H,3,9-10H2,1-2H3,(H,17,21)(H,18,19,20). The van der Waals surface area contributed by atoms with Gasteiger partial charge in [-0.15, -0.1) is 11.3 Å². The minimum absolute atomic E-state index is 0.148. The summed E-state index contributed by atoms with van der Waals surface area (Å²) in [6, 6.07) is 8.93. The quantitative estimate of drug-likeness (QED) is 0.860. The van der Waals surface area contributed by atoms with Crippen LogP contribution in [0.4, 0.5) is 5.13 Å². The van der Waals surface area contributed by atoms with Gasteiger partial charge in [-0.3, -0.25) is 9.59 Å². The molecule has 0 aliphatic carbocycles. The van der Waals surface area contributed by atoms with E-state index in [1.165, 1.54) is 11.3 Å². The Kier molecular flexibility index (Phi) is 5.66. The van der Waals surface area contributed by atoms with E-state index in [0.29, 0.717) is 17.2 Å². The molecule has 5 nitrogen and oxygen atoms in total. The topological polar surface area (TPSA) is 71.1 Å². The first kappa shape index (κ1) is 16.2. The highest BCUT2D eigenvalue weighted by Gasteiger charge is 2.10. The Morgan fingerprint density at radius 1 is 1.23 bits per heavy atom. The Hall–Kier alpha value is -2.21. The highest BCUT2D eigenvalue weighted by atomic mass is 32.1. The van der Waals surface area contributed by atoms with E-state index in [0.717, 1.165) is 17.0 Å². The second-order valence-electron chi connectivity index (χ2n) is 4.80. The molecule has 1 aromatic carbocycles. The molecule has 0 bridgehead atoms. The summed E-state index contributed by atoms with van der Waals surface area (Å²) < 4.78 is 0. The zero-order chi connectivity index (χ0) is 15.9. The van der Waals surface area contributed by atoms with Gasteiger partial charge in [0.25, 0.3) is 5.91 Å². The SMILES string of the molecule is CCc1nc(NC(=O)CCNC(=O)c2ccccc2)sc1C. The van der Waals surface area contributed by atoms with Crippen LogP contribution in [0.3, 0.4) is 0 Å². The lowest BCUT2D eigenvalue weighted by Crippen LogP contribution is -2.27. The monoisotopic (exact) mass is 317 g/mol. The van der Waals surface area contributed by atoms with Crippen LogP contribution in [0.15, 0.2) is 30.3 Å². The summed E-state index contributed by atoms with van der Waals surface area (Å²) in [6.07, 6.45) is 1.07. The molecule has 0 fully saturated rings. The summed E-state index contributed by atoms with van der Waals surface area (Å²) >= 11 is 1.47. The molecule has 2 N–H and O–H groups in total. The number of hydrogen-bond acceptors (Lipinski definition) is 4.